The molecule has 1 aromatic heterocycles. The van der Waals surface area contributed by atoms with Crippen LogP contribution in [-0.2, 0) is 4.74 Å². The van der Waals surface area contributed by atoms with E-state index in [2.05, 4.69) is 20.3 Å². The first-order valence-corrected chi connectivity index (χ1v) is 5.91. The first-order chi connectivity index (χ1) is 8.13. The maximum absolute atomic E-state index is 5.80. The van der Waals surface area contributed by atoms with Gasteiger partial charge in [0.2, 0.25) is 17.2 Å². The molecule has 0 aliphatic carbocycles. The summed E-state index contributed by atoms with van der Waals surface area (Å²) in [6.45, 7) is 4.18. The summed E-state index contributed by atoms with van der Waals surface area (Å²) >= 11 is 5.80. The monoisotopic (exact) mass is 259 g/mol. The molecule has 17 heavy (non-hydrogen) atoms. The Kier molecular flexibility index (Phi) is 5.93. The molecule has 0 saturated heterocycles. The van der Waals surface area contributed by atoms with Crippen LogP contribution in [0.25, 0.3) is 0 Å². The number of ether oxygens (including phenoxy) is 1. The molecule has 96 valence electrons. The summed E-state index contributed by atoms with van der Waals surface area (Å²) in [6, 6.07) is 0. The van der Waals surface area contributed by atoms with Crippen molar-refractivity contribution in [1.82, 2.24) is 15.0 Å². The Labute approximate surface area is 106 Å². The number of hydrogen-bond acceptors (Lipinski definition) is 6. The van der Waals surface area contributed by atoms with Crippen molar-refractivity contribution >= 4 is 23.5 Å². The van der Waals surface area contributed by atoms with Gasteiger partial charge in [0.25, 0.3) is 0 Å². The zero-order valence-electron chi connectivity index (χ0n) is 10.4. The van der Waals surface area contributed by atoms with Crippen LogP contribution >= 0.6 is 11.6 Å². The van der Waals surface area contributed by atoms with Gasteiger partial charge in [-0.15, -0.1) is 0 Å². The normalized spacial score (nSPS) is 10.4. The van der Waals surface area contributed by atoms with E-state index in [1.165, 1.54) is 0 Å². The molecule has 1 N–H and O–H groups in total. The van der Waals surface area contributed by atoms with Gasteiger partial charge in [0.05, 0.1) is 0 Å². The Hall–Kier alpha value is -1.14. The van der Waals surface area contributed by atoms with Crippen LogP contribution in [0.15, 0.2) is 0 Å². The van der Waals surface area contributed by atoms with Gasteiger partial charge in [-0.1, -0.05) is 0 Å². The smallest absolute Gasteiger partial charge is 0.230 e. The predicted molar refractivity (Wildman–Crippen MR) is 68.8 cm³/mol. The van der Waals surface area contributed by atoms with Gasteiger partial charge in [0.1, 0.15) is 0 Å². The average Bonchev–Trinajstić information content (AvgIpc) is 2.28. The van der Waals surface area contributed by atoms with Crippen LogP contribution in [0.5, 0.6) is 0 Å². The Bertz CT molecular complexity index is 347. The van der Waals surface area contributed by atoms with E-state index in [1.54, 1.807) is 4.90 Å². The van der Waals surface area contributed by atoms with Gasteiger partial charge < -0.3 is 15.0 Å². The molecule has 1 aromatic rings. The highest BCUT2D eigenvalue weighted by atomic mass is 35.5. The Morgan fingerprint density at radius 2 is 2.06 bits per heavy atom. The maximum Gasteiger partial charge on any atom is 0.230 e. The molecule has 0 amide bonds. The third-order valence-electron chi connectivity index (χ3n) is 1.95. The lowest BCUT2D eigenvalue weighted by Gasteiger charge is -2.11. The summed E-state index contributed by atoms with van der Waals surface area (Å²) < 4.78 is 5.23. The molecule has 0 bridgehead atoms. The van der Waals surface area contributed by atoms with Crippen molar-refractivity contribution in [3.63, 3.8) is 0 Å². The third kappa shape index (κ3) is 5.14. The lowest BCUT2D eigenvalue weighted by molar-refractivity contribution is 0.147. The molecular weight excluding hydrogens is 242 g/mol. The molecule has 0 fully saturated rings. The number of anilines is 2. The first-order valence-electron chi connectivity index (χ1n) is 5.54. The Morgan fingerprint density at radius 1 is 1.29 bits per heavy atom. The Balaban J connectivity index is 2.47. The van der Waals surface area contributed by atoms with E-state index in [0.29, 0.717) is 11.9 Å². The third-order valence-corrected chi connectivity index (χ3v) is 2.12. The van der Waals surface area contributed by atoms with E-state index in [4.69, 9.17) is 16.3 Å². The fraction of sp³-hybridized carbons (Fsp3) is 0.700. The molecule has 0 radical (unpaired) electrons. The Morgan fingerprint density at radius 3 is 2.71 bits per heavy atom. The largest absolute Gasteiger partial charge is 0.382 e. The zero-order valence-corrected chi connectivity index (χ0v) is 11.2. The number of hydrogen-bond donors (Lipinski definition) is 1. The van der Waals surface area contributed by atoms with Crippen LogP contribution in [0, 0.1) is 0 Å². The van der Waals surface area contributed by atoms with Crippen molar-refractivity contribution in [1.29, 1.82) is 0 Å². The van der Waals surface area contributed by atoms with E-state index in [9.17, 15) is 0 Å². The fourth-order valence-corrected chi connectivity index (χ4v) is 1.29. The SMILES string of the molecule is CCOCCCNc1nc(Cl)nc(N(C)C)n1. The minimum absolute atomic E-state index is 0.191. The lowest BCUT2D eigenvalue weighted by atomic mass is 10.4. The van der Waals surface area contributed by atoms with Crippen LogP contribution in [0.2, 0.25) is 5.28 Å². The van der Waals surface area contributed by atoms with Crippen molar-refractivity contribution in [2.45, 2.75) is 13.3 Å². The van der Waals surface area contributed by atoms with Crippen molar-refractivity contribution in [2.75, 3.05) is 44.1 Å². The first kappa shape index (κ1) is 13.9. The lowest BCUT2D eigenvalue weighted by Crippen LogP contribution is -2.16. The molecular formula is C10H18ClN5O. The molecule has 0 saturated carbocycles. The number of aromatic nitrogens is 3. The summed E-state index contributed by atoms with van der Waals surface area (Å²) in [7, 11) is 3.70. The summed E-state index contributed by atoms with van der Waals surface area (Å²) in [4.78, 5) is 14.0. The van der Waals surface area contributed by atoms with Crippen LogP contribution in [0.4, 0.5) is 11.9 Å². The molecule has 0 atom stereocenters. The van der Waals surface area contributed by atoms with Crippen molar-refractivity contribution in [2.24, 2.45) is 0 Å². The van der Waals surface area contributed by atoms with Gasteiger partial charge in [0.15, 0.2) is 0 Å². The number of rotatable bonds is 7. The summed E-state index contributed by atoms with van der Waals surface area (Å²) in [5.41, 5.74) is 0. The topological polar surface area (TPSA) is 63.2 Å². The van der Waals surface area contributed by atoms with Crippen molar-refractivity contribution < 1.29 is 4.74 Å². The summed E-state index contributed by atoms with van der Waals surface area (Å²) in [6.07, 6.45) is 0.897. The van der Waals surface area contributed by atoms with Gasteiger partial charge in [-0.2, -0.15) is 15.0 Å². The second-order valence-corrected chi connectivity index (χ2v) is 3.94. The molecule has 6 nitrogen and oxygen atoms in total. The minimum atomic E-state index is 0.191. The molecule has 0 spiro atoms. The number of nitrogens with one attached hydrogen (secondary N) is 1. The van der Waals surface area contributed by atoms with Crippen LogP contribution in [0.3, 0.4) is 0 Å². The van der Waals surface area contributed by atoms with Crippen LogP contribution < -0.4 is 10.2 Å². The minimum Gasteiger partial charge on any atom is -0.382 e. The number of nitrogens with zero attached hydrogens (tertiary/aromatic N) is 4. The molecule has 0 unspecified atom stereocenters. The van der Waals surface area contributed by atoms with E-state index < -0.39 is 0 Å². The van der Waals surface area contributed by atoms with E-state index in [-0.39, 0.29) is 5.28 Å². The second-order valence-electron chi connectivity index (χ2n) is 3.60. The van der Waals surface area contributed by atoms with Gasteiger partial charge in [-0.05, 0) is 24.9 Å². The standard InChI is InChI=1S/C10H18ClN5O/c1-4-17-7-5-6-12-9-13-8(11)14-10(15-9)16(2)3/h4-7H2,1-3H3,(H,12,13,14,15). The highest BCUT2D eigenvalue weighted by molar-refractivity contribution is 6.28. The van der Waals surface area contributed by atoms with E-state index in [1.807, 2.05) is 21.0 Å². The molecule has 0 aliphatic rings. The summed E-state index contributed by atoms with van der Waals surface area (Å²) in [5, 5.41) is 3.28. The van der Waals surface area contributed by atoms with Crippen LogP contribution in [-0.4, -0.2) is 48.8 Å². The zero-order chi connectivity index (χ0) is 12.7. The fourth-order valence-electron chi connectivity index (χ4n) is 1.14. The van der Waals surface area contributed by atoms with Crippen molar-refractivity contribution in [3.8, 4) is 0 Å². The summed E-state index contributed by atoms with van der Waals surface area (Å²) in [5.74, 6) is 1.03. The van der Waals surface area contributed by atoms with E-state index >= 15 is 0 Å². The highest BCUT2D eigenvalue weighted by Gasteiger charge is 2.05. The van der Waals surface area contributed by atoms with Crippen LogP contribution in [0.1, 0.15) is 13.3 Å². The molecule has 1 rings (SSSR count). The van der Waals surface area contributed by atoms with E-state index in [0.717, 1.165) is 26.2 Å². The maximum atomic E-state index is 5.80. The average molecular weight is 260 g/mol. The molecule has 0 aliphatic heterocycles. The second kappa shape index (κ2) is 7.24. The highest BCUT2D eigenvalue weighted by Crippen LogP contribution is 2.11. The van der Waals surface area contributed by atoms with Gasteiger partial charge >= 0.3 is 0 Å². The quantitative estimate of drug-likeness (QED) is 0.748. The molecule has 1 heterocycles. The predicted octanol–water partition coefficient (Wildman–Crippen LogP) is 1.43. The van der Waals surface area contributed by atoms with Crippen molar-refractivity contribution in [3.05, 3.63) is 5.28 Å². The molecule has 0 aromatic carbocycles. The number of halogens is 1. The van der Waals surface area contributed by atoms with Gasteiger partial charge in [-0.25, -0.2) is 0 Å². The molecule has 7 heteroatoms. The van der Waals surface area contributed by atoms with Gasteiger partial charge in [0, 0.05) is 33.9 Å². The van der Waals surface area contributed by atoms with Gasteiger partial charge in [-0.3, -0.25) is 0 Å².